The Kier molecular flexibility index (Phi) is 7.77. The first kappa shape index (κ1) is 24.4. The fourth-order valence-corrected chi connectivity index (χ4v) is 4.51. The van der Waals surface area contributed by atoms with Gasteiger partial charge in [-0.15, -0.1) is 0 Å². The van der Waals surface area contributed by atoms with Crippen molar-refractivity contribution in [1.29, 1.82) is 0 Å². The highest BCUT2D eigenvalue weighted by molar-refractivity contribution is 5.95. The Morgan fingerprint density at radius 2 is 1.74 bits per heavy atom. The van der Waals surface area contributed by atoms with Gasteiger partial charge in [-0.1, -0.05) is 24.3 Å². The van der Waals surface area contributed by atoms with Crippen molar-refractivity contribution in [2.45, 2.75) is 13.0 Å². The second-order valence-corrected chi connectivity index (χ2v) is 8.35. The summed E-state index contributed by atoms with van der Waals surface area (Å²) in [6, 6.07) is 14.4. The van der Waals surface area contributed by atoms with Gasteiger partial charge in [-0.05, 0) is 36.8 Å². The molecule has 2 N–H and O–H groups in total. The number of methoxy groups -OCH3 is 2. The molecule has 0 saturated carbocycles. The molecule has 4 rings (SSSR count). The molecule has 0 bridgehead atoms. The van der Waals surface area contributed by atoms with Gasteiger partial charge in [-0.25, -0.2) is 9.59 Å². The first-order valence-electron chi connectivity index (χ1n) is 11.8. The van der Waals surface area contributed by atoms with Crippen molar-refractivity contribution < 1.29 is 23.8 Å². The molecular formula is C26H32N4O5. The molecule has 2 aromatic carbocycles. The van der Waals surface area contributed by atoms with E-state index < -0.39 is 12.0 Å². The first-order valence-corrected chi connectivity index (χ1v) is 11.8. The third-order valence-corrected chi connectivity index (χ3v) is 6.27. The van der Waals surface area contributed by atoms with Crippen LogP contribution in [0.1, 0.15) is 18.5 Å². The summed E-state index contributed by atoms with van der Waals surface area (Å²) in [5.74, 6) is 1.10. The smallest absolute Gasteiger partial charge is 0.338 e. The number of nitrogens with one attached hydrogen (secondary N) is 2. The van der Waals surface area contributed by atoms with E-state index in [0.29, 0.717) is 30.2 Å². The van der Waals surface area contributed by atoms with E-state index in [9.17, 15) is 9.59 Å². The van der Waals surface area contributed by atoms with E-state index in [-0.39, 0.29) is 6.03 Å². The van der Waals surface area contributed by atoms with Gasteiger partial charge >= 0.3 is 12.0 Å². The number of anilines is 1. The highest BCUT2D eigenvalue weighted by Gasteiger charge is 2.34. The Hall–Kier alpha value is -3.72. The fourth-order valence-electron chi connectivity index (χ4n) is 4.51. The van der Waals surface area contributed by atoms with Crippen LogP contribution >= 0.6 is 0 Å². The SMILES string of the molecule is CCOc1ccccc1N1CCN(CC2=C(C(=O)OC)[C@H](c3ccc(OC)cc3)NC(=O)N2)CC1. The number of urea groups is 1. The average Bonchev–Trinajstić information content (AvgIpc) is 2.89. The van der Waals surface area contributed by atoms with Crippen LogP contribution in [0.2, 0.25) is 0 Å². The summed E-state index contributed by atoms with van der Waals surface area (Å²) in [4.78, 5) is 29.9. The molecule has 0 unspecified atom stereocenters. The second kappa shape index (κ2) is 11.1. The second-order valence-electron chi connectivity index (χ2n) is 8.35. The lowest BCUT2D eigenvalue weighted by Crippen LogP contribution is -2.51. The number of piperazine rings is 1. The van der Waals surface area contributed by atoms with Crippen molar-refractivity contribution in [1.82, 2.24) is 15.5 Å². The van der Waals surface area contributed by atoms with Crippen LogP contribution in [-0.4, -0.2) is 70.5 Å². The summed E-state index contributed by atoms with van der Waals surface area (Å²) in [5.41, 5.74) is 2.82. The number of nitrogens with zero attached hydrogens (tertiary/aromatic N) is 2. The molecule has 0 spiro atoms. The van der Waals surface area contributed by atoms with Crippen LogP contribution in [0.3, 0.4) is 0 Å². The zero-order valence-electron chi connectivity index (χ0n) is 20.4. The number of esters is 1. The van der Waals surface area contributed by atoms with Crippen LogP contribution in [0, 0.1) is 0 Å². The van der Waals surface area contributed by atoms with Gasteiger partial charge in [-0.2, -0.15) is 0 Å². The lowest BCUT2D eigenvalue weighted by molar-refractivity contribution is -0.136. The largest absolute Gasteiger partial charge is 0.497 e. The topological polar surface area (TPSA) is 92.4 Å². The number of carbonyl (C=O) groups excluding carboxylic acids is 2. The molecule has 2 aliphatic heterocycles. The monoisotopic (exact) mass is 480 g/mol. The maximum absolute atomic E-state index is 12.8. The molecule has 35 heavy (non-hydrogen) atoms. The molecule has 2 amide bonds. The van der Waals surface area contributed by atoms with Crippen molar-refractivity contribution in [3.8, 4) is 11.5 Å². The molecular weight excluding hydrogens is 448 g/mol. The predicted octanol–water partition coefficient (Wildman–Crippen LogP) is 2.70. The lowest BCUT2D eigenvalue weighted by atomic mass is 9.95. The quantitative estimate of drug-likeness (QED) is 0.562. The Balaban J connectivity index is 1.53. The van der Waals surface area contributed by atoms with E-state index in [1.54, 1.807) is 19.2 Å². The number of amides is 2. The molecule has 2 heterocycles. The number of hydrogen-bond donors (Lipinski definition) is 2. The van der Waals surface area contributed by atoms with Gasteiger partial charge in [0.05, 0.1) is 38.1 Å². The van der Waals surface area contributed by atoms with Gasteiger partial charge in [0.15, 0.2) is 0 Å². The molecule has 0 aromatic heterocycles. The standard InChI is InChI=1S/C26H32N4O5/c1-4-35-22-8-6-5-7-21(22)30-15-13-29(14-16-30)17-20-23(25(31)34-3)24(28-26(32)27-20)18-9-11-19(33-2)12-10-18/h5-12,24H,4,13-17H2,1-3H3,(H2,27,28,32)/t24-/m0/s1. The first-order chi connectivity index (χ1) is 17.0. The predicted molar refractivity (Wildman–Crippen MR) is 133 cm³/mol. The molecule has 1 atom stereocenters. The van der Waals surface area contributed by atoms with Crippen LogP contribution < -0.4 is 25.0 Å². The van der Waals surface area contributed by atoms with E-state index in [1.165, 1.54) is 7.11 Å². The summed E-state index contributed by atoms with van der Waals surface area (Å²) in [7, 11) is 2.94. The minimum Gasteiger partial charge on any atom is -0.497 e. The Labute approximate surface area is 205 Å². The van der Waals surface area contributed by atoms with Gasteiger partial charge in [0.25, 0.3) is 0 Å². The van der Waals surface area contributed by atoms with Crippen LogP contribution in [0.4, 0.5) is 10.5 Å². The number of ether oxygens (including phenoxy) is 3. The number of rotatable bonds is 8. The summed E-state index contributed by atoms with van der Waals surface area (Å²) in [5, 5.41) is 5.71. The Morgan fingerprint density at radius 1 is 1.03 bits per heavy atom. The van der Waals surface area contributed by atoms with Crippen LogP contribution in [0.25, 0.3) is 0 Å². The van der Waals surface area contributed by atoms with Crippen LogP contribution in [0.5, 0.6) is 11.5 Å². The van der Waals surface area contributed by atoms with Crippen molar-refractivity contribution in [2.24, 2.45) is 0 Å². The average molecular weight is 481 g/mol. The number of hydrogen-bond acceptors (Lipinski definition) is 7. The van der Waals surface area contributed by atoms with Gasteiger partial charge in [-0.3, -0.25) is 4.90 Å². The third-order valence-electron chi connectivity index (χ3n) is 6.27. The van der Waals surface area contributed by atoms with Gasteiger partial charge < -0.3 is 29.7 Å². The number of para-hydroxylation sites is 2. The van der Waals surface area contributed by atoms with E-state index in [2.05, 4.69) is 26.5 Å². The molecule has 2 aromatic rings. The Morgan fingerprint density at radius 3 is 2.40 bits per heavy atom. The molecule has 9 heteroatoms. The Bertz CT molecular complexity index is 1080. The summed E-state index contributed by atoms with van der Waals surface area (Å²) in [6.45, 7) is 6.19. The van der Waals surface area contributed by atoms with E-state index in [1.807, 2.05) is 37.3 Å². The maximum Gasteiger partial charge on any atom is 0.338 e. The molecule has 1 fully saturated rings. The zero-order chi connectivity index (χ0) is 24.8. The highest BCUT2D eigenvalue weighted by atomic mass is 16.5. The van der Waals surface area contributed by atoms with Crippen LogP contribution in [-0.2, 0) is 9.53 Å². The summed E-state index contributed by atoms with van der Waals surface area (Å²) in [6.07, 6.45) is 0. The van der Waals surface area contributed by atoms with Crippen molar-refractivity contribution >= 4 is 17.7 Å². The van der Waals surface area contributed by atoms with E-state index >= 15 is 0 Å². The molecule has 0 radical (unpaired) electrons. The van der Waals surface area contributed by atoms with Crippen molar-refractivity contribution in [3.63, 3.8) is 0 Å². The van der Waals surface area contributed by atoms with Gasteiger partial charge in [0, 0.05) is 38.4 Å². The van der Waals surface area contributed by atoms with Crippen molar-refractivity contribution in [3.05, 3.63) is 65.4 Å². The molecule has 2 aliphatic rings. The third kappa shape index (κ3) is 5.51. The van der Waals surface area contributed by atoms with Gasteiger partial charge in [0.1, 0.15) is 11.5 Å². The molecule has 0 aliphatic carbocycles. The minimum atomic E-state index is -0.614. The maximum atomic E-state index is 12.8. The highest BCUT2D eigenvalue weighted by Crippen LogP contribution is 2.31. The number of carbonyl (C=O) groups is 2. The fraction of sp³-hybridized carbons (Fsp3) is 0.385. The molecule has 186 valence electrons. The minimum absolute atomic E-state index is 0.349. The van der Waals surface area contributed by atoms with Crippen LogP contribution in [0.15, 0.2) is 59.8 Å². The molecule has 1 saturated heterocycles. The summed E-state index contributed by atoms with van der Waals surface area (Å²) >= 11 is 0. The summed E-state index contributed by atoms with van der Waals surface area (Å²) < 4.78 is 16.1. The zero-order valence-corrected chi connectivity index (χ0v) is 20.4. The van der Waals surface area contributed by atoms with E-state index in [4.69, 9.17) is 14.2 Å². The normalized spacial score (nSPS) is 18.5. The number of benzene rings is 2. The van der Waals surface area contributed by atoms with E-state index in [0.717, 1.165) is 43.2 Å². The van der Waals surface area contributed by atoms with Gasteiger partial charge in [0.2, 0.25) is 0 Å². The van der Waals surface area contributed by atoms with Crippen molar-refractivity contribution in [2.75, 3.05) is 58.5 Å². The lowest BCUT2D eigenvalue weighted by Gasteiger charge is -2.38. The molecule has 9 nitrogen and oxygen atoms in total.